The van der Waals surface area contributed by atoms with Crippen molar-refractivity contribution in [2.45, 2.75) is 32.0 Å². The number of benzene rings is 1. The number of amides is 1. The second-order valence-electron chi connectivity index (χ2n) is 6.61. The molecule has 1 aliphatic heterocycles. The van der Waals surface area contributed by atoms with Gasteiger partial charge in [0.15, 0.2) is 0 Å². The van der Waals surface area contributed by atoms with E-state index >= 15 is 0 Å². The molecule has 0 bridgehead atoms. The lowest BCUT2D eigenvalue weighted by Crippen LogP contribution is -2.46. The van der Waals surface area contributed by atoms with E-state index < -0.39 is 17.9 Å². The highest BCUT2D eigenvalue weighted by Gasteiger charge is 2.27. The van der Waals surface area contributed by atoms with Crippen molar-refractivity contribution < 1.29 is 28.6 Å². The molecule has 2 fully saturated rings. The Bertz CT molecular complexity index is 646. The zero-order chi connectivity index (χ0) is 17.8. The molecule has 1 aliphatic carbocycles. The van der Waals surface area contributed by atoms with Gasteiger partial charge in [0.2, 0.25) is 0 Å². The first-order valence-electron chi connectivity index (χ1n) is 8.52. The molecule has 1 saturated carbocycles. The first kappa shape index (κ1) is 17.8. The number of ether oxygens (including phenoxy) is 2. The molecule has 25 heavy (non-hydrogen) atoms. The zero-order valence-electron chi connectivity index (χ0n) is 13.9. The molecule has 0 radical (unpaired) electrons. The van der Waals surface area contributed by atoms with Gasteiger partial charge < -0.3 is 19.5 Å². The van der Waals surface area contributed by atoms with Gasteiger partial charge in [0.05, 0.1) is 25.7 Å². The quantitative estimate of drug-likeness (QED) is 0.814. The minimum absolute atomic E-state index is 0.145. The van der Waals surface area contributed by atoms with Crippen LogP contribution in [0, 0.1) is 11.7 Å². The number of hydrogen-bond acceptors (Lipinski definition) is 4. The smallest absolute Gasteiger partial charge is 0.306 e. The van der Waals surface area contributed by atoms with Gasteiger partial charge in [-0.05, 0) is 37.0 Å². The number of hydrogen-bond donors (Lipinski definition) is 1. The Kier molecular flexibility index (Phi) is 5.65. The summed E-state index contributed by atoms with van der Waals surface area (Å²) in [5, 5.41) is 8.86. The first-order valence-corrected chi connectivity index (χ1v) is 8.52. The molecule has 0 aromatic heterocycles. The molecular weight excluding hydrogens is 329 g/mol. The Balaban J connectivity index is 1.63. The molecule has 2 aliphatic rings. The van der Waals surface area contributed by atoms with Crippen LogP contribution in [0.2, 0.25) is 0 Å². The van der Waals surface area contributed by atoms with E-state index in [2.05, 4.69) is 0 Å². The molecule has 1 saturated heterocycles. The van der Waals surface area contributed by atoms with E-state index in [0.717, 1.165) is 12.8 Å². The van der Waals surface area contributed by atoms with Crippen LogP contribution in [-0.4, -0.2) is 54.3 Å². The van der Waals surface area contributed by atoms with E-state index in [1.54, 1.807) is 4.90 Å². The van der Waals surface area contributed by atoms with Gasteiger partial charge >= 0.3 is 5.97 Å². The summed E-state index contributed by atoms with van der Waals surface area (Å²) in [6.07, 6.45) is 1.66. The second kappa shape index (κ2) is 7.93. The van der Waals surface area contributed by atoms with Gasteiger partial charge in [-0.15, -0.1) is 0 Å². The van der Waals surface area contributed by atoms with Crippen LogP contribution in [0.1, 0.15) is 35.2 Å². The van der Waals surface area contributed by atoms with E-state index in [0.29, 0.717) is 36.8 Å². The maximum atomic E-state index is 13.9. The summed E-state index contributed by atoms with van der Waals surface area (Å²) in [5.41, 5.74) is 0.740. The van der Waals surface area contributed by atoms with Gasteiger partial charge in [0.1, 0.15) is 5.82 Å². The molecule has 0 spiro atoms. The maximum Gasteiger partial charge on any atom is 0.306 e. The van der Waals surface area contributed by atoms with E-state index in [-0.39, 0.29) is 25.5 Å². The predicted molar refractivity (Wildman–Crippen MR) is 86.7 cm³/mol. The number of nitrogens with zero attached hydrogens (tertiary/aromatic N) is 1. The van der Waals surface area contributed by atoms with Crippen LogP contribution in [0.4, 0.5) is 4.39 Å². The summed E-state index contributed by atoms with van der Waals surface area (Å²) < 4.78 is 24.8. The SMILES string of the molecule is O=C(O)C[C@@H]1CN(C(=O)c2ccc(F)c(COCC3CC3)c2)CCO1. The number of carboxylic acid groups (broad SMARTS) is 1. The Hall–Kier alpha value is -1.99. The van der Waals surface area contributed by atoms with Crippen molar-refractivity contribution >= 4 is 11.9 Å². The summed E-state index contributed by atoms with van der Waals surface area (Å²) in [6, 6.07) is 4.24. The molecule has 6 nitrogen and oxygen atoms in total. The third-order valence-electron chi connectivity index (χ3n) is 4.43. The number of carboxylic acids is 1. The summed E-state index contributed by atoms with van der Waals surface area (Å²) >= 11 is 0. The Morgan fingerprint density at radius 3 is 2.88 bits per heavy atom. The molecular formula is C18H22FNO5. The van der Waals surface area contributed by atoms with Crippen LogP contribution in [0.5, 0.6) is 0 Å². The van der Waals surface area contributed by atoms with E-state index in [9.17, 15) is 14.0 Å². The van der Waals surface area contributed by atoms with Gasteiger partial charge in [-0.2, -0.15) is 0 Å². The van der Waals surface area contributed by atoms with Crippen molar-refractivity contribution in [2.24, 2.45) is 5.92 Å². The Morgan fingerprint density at radius 1 is 1.36 bits per heavy atom. The highest BCUT2D eigenvalue weighted by Crippen LogP contribution is 2.29. The largest absolute Gasteiger partial charge is 0.481 e. The van der Waals surface area contributed by atoms with Crippen molar-refractivity contribution in [3.63, 3.8) is 0 Å². The van der Waals surface area contributed by atoms with Crippen molar-refractivity contribution in [2.75, 3.05) is 26.3 Å². The average molecular weight is 351 g/mol. The molecule has 136 valence electrons. The van der Waals surface area contributed by atoms with Gasteiger partial charge in [-0.3, -0.25) is 9.59 Å². The molecule has 1 heterocycles. The maximum absolute atomic E-state index is 13.9. The second-order valence-corrected chi connectivity index (χ2v) is 6.61. The van der Waals surface area contributed by atoms with Crippen LogP contribution >= 0.6 is 0 Å². The molecule has 7 heteroatoms. The summed E-state index contributed by atoms with van der Waals surface area (Å²) in [5.74, 6) is -1.01. The molecule has 1 aromatic carbocycles. The summed E-state index contributed by atoms with van der Waals surface area (Å²) in [6.45, 7) is 1.67. The zero-order valence-corrected chi connectivity index (χ0v) is 13.9. The van der Waals surface area contributed by atoms with Crippen LogP contribution in [0.25, 0.3) is 0 Å². The minimum atomic E-state index is -0.962. The summed E-state index contributed by atoms with van der Waals surface area (Å²) in [4.78, 5) is 25.0. The van der Waals surface area contributed by atoms with Gasteiger partial charge in [0, 0.05) is 30.8 Å². The predicted octanol–water partition coefficient (Wildman–Crippen LogP) is 2.07. The lowest BCUT2D eigenvalue weighted by molar-refractivity contribution is -0.141. The van der Waals surface area contributed by atoms with Crippen LogP contribution in [0.3, 0.4) is 0 Å². The summed E-state index contributed by atoms with van der Waals surface area (Å²) in [7, 11) is 0. The minimum Gasteiger partial charge on any atom is -0.481 e. The molecule has 1 aromatic rings. The van der Waals surface area contributed by atoms with Crippen molar-refractivity contribution in [1.29, 1.82) is 0 Å². The lowest BCUT2D eigenvalue weighted by atomic mass is 10.1. The van der Waals surface area contributed by atoms with E-state index in [1.165, 1.54) is 18.2 Å². The van der Waals surface area contributed by atoms with Crippen LogP contribution < -0.4 is 0 Å². The van der Waals surface area contributed by atoms with Crippen molar-refractivity contribution in [1.82, 2.24) is 4.90 Å². The highest BCUT2D eigenvalue weighted by molar-refractivity contribution is 5.94. The van der Waals surface area contributed by atoms with Crippen molar-refractivity contribution in [3.05, 3.63) is 35.1 Å². The van der Waals surface area contributed by atoms with Gasteiger partial charge in [-0.1, -0.05) is 0 Å². The molecule has 3 rings (SSSR count). The fraction of sp³-hybridized carbons (Fsp3) is 0.556. The van der Waals surface area contributed by atoms with Gasteiger partial charge in [0.25, 0.3) is 5.91 Å². The molecule has 1 atom stereocenters. The number of rotatable bonds is 7. The number of morpholine rings is 1. The fourth-order valence-corrected chi connectivity index (χ4v) is 2.84. The molecule has 1 amide bonds. The first-order chi connectivity index (χ1) is 12.0. The molecule has 1 N–H and O–H groups in total. The van der Waals surface area contributed by atoms with E-state index in [4.69, 9.17) is 14.6 Å². The van der Waals surface area contributed by atoms with Crippen LogP contribution in [0.15, 0.2) is 18.2 Å². The lowest BCUT2D eigenvalue weighted by Gasteiger charge is -2.32. The van der Waals surface area contributed by atoms with Gasteiger partial charge in [-0.25, -0.2) is 4.39 Å². The normalized spacial score (nSPS) is 20.5. The third-order valence-corrected chi connectivity index (χ3v) is 4.43. The molecule has 0 unspecified atom stereocenters. The standard InChI is InChI=1S/C18H22FNO5/c19-16-4-3-13(7-14(16)11-24-10-12-1-2-12)18(23)20-5-6-25-15(9-20)8-17(21)22/h3-4,7,12,15H,1-2,5-6,8-11H2,(H,21,22)/t15-/m1/s1. The highest BCUT2D eigenvalue weighted by atomic mass is 19.1. The Labute approximate surface area is 145 Å². The van der Waals surface area contributed by atoms with Crippen LogP contribution in [-0.2, 0) is 20.9 Å². The third kappa shape index (κ3) is 4.99. The topological polar surface area (TPSA) is 76.1 Å². The number of carbonyl (C=O) groups excluding carboxylic acids is 1. The fourth-order valence-electron chi connectivity index (χ4n) is 2.84. The average Bonchev–Trinajstić information content (AvgIpc) is 3.40. The Morgan fingerprint density at radius 2 is 2.16 bits per heavy atom. The monoisotopic (exact) mass is 351 g/mol. The van der Waals surface area contributed by atoms with E-state index in [1.807, 2.05) is 0 Å². The van der Waals surface area contributed by atoms with Crippen molar-refractivity contribution in [3.8, 4) is 0 Å². The number of aliphatic carboxylic acids is 1. The number of carbonyl (C=O) groups is 2. The number of halogens is 1.